The summed E-state index contributed by atoms with van der Waals surface area (Å²) in [5.41, 5.74) is 4.89. The Bertz CT molecular complexity index is 1290. The zero-order valence-corrected chi connectivity index (χ0v) is 21.1. The van der Waals surface area contributed by atoms with Crippen LogP contribution in [0.4, 0.5) is 5.95 Å². The Morgan fingerprint density at radius 2 is 1.86 bits per heavy atom. The lowest BCUT2D eigenvalue weighted by molar-refractivity contribution is -0.116. The molecule has 0 fully saturated rings. The van der Waals surface area contributed by atoms with Crippen LogP contribution in [0, 0.1) is 6.92 Å². The van der Waals surface area contributed by atoms with Crippen molar-refractivity contribution in [1.29, 1.82) is 0 Å². The summed E-state index contributed by atoms with van der Waals surface area (Å²) in [6.45, 7) is 2.08. The minimum absolute atomic E-state index is 0.118. The number of methoxy groups -OCH3 is 3. The van der Waals surface area contributed by atoms with Crippen molar-refractivity contribution in [2.24, 2.45) is 0 Å². The zero-order valence-electron chi connectivity index (χ0n) is 20.3. The van der Waals surface area contributed by atoms with Gasteiger partial charge in [-0.3, -0.25) is 4.79 Å². The summed E-state index contributed by atoms with van der Waals surface area (Å²) >= 11 is 1.57. The summed E-state index contributed by atoms with van der Waals surface area (Å²) in [6, 6.07) is 11.7. The summed E-state index contributed by atoms with van der Waals surface area (Å²) in [5, 5.41) is 8.87. The highest BCUT2D eigenvalue weighted by molar-refractivity contribution is 7.98. The van der Waals surface area contributed by atoms with E-state index in [1.165, 1.54) is 11.1 Å². The Balaban J connectivity index is 1.57. The van der Waals surface area contributed by atoms with Crippen molar-refractivity contribution in [3.8, 4) is 17.2 Å². The van der Waals surface area contributed by atoms with Crippen molar-refractivity contribution in [3.05, 3.63) is 64.4 Å². The highest BCUT2D eigenvalue weighted by Gasteiger charge is 2.37. The number of hydrogen-bond donors (Lipinski definition) is 1. The van der Waals surface area contributed by atoms with Crippen LogP contribution in [0.1, 0.15) is 42.0 Å². The summed E-state index contributed by atoms with van der Waals surface area (Å²) in [7, 11) is 4.74. The monoisotopic (exact) mass is 492 g/mol. The number of hydrogen-bond acceptors (Lipinski definition) is 8. The molecule has 2 aliphatic rings. The number of Topliss-reactive ketones (excluding diaryl/α,β-unsaturated/α-hetero) is 1. The maximum atomic E-state index is 13.2. The van der Waals surface area contributed by atoms with Gasteiger partial charge in [0, 0.05) is 23.4 Å². The summed E-state index contributed by atoms with van der Waals surface area (Å²) in [5.74, 6) is 3.07. The van der Waals surface area contributed by atoms with Crippen molar-refractivity contribution >= 4 is 23.5 Å². The Kier molecular flexibility index (Phi) is 6.42. The van der Waals surface area contributed by atoms with Gasteiger partial charge >= 0.3 is 0 Å². The fourth-order valence-electron chi connectivity index (χ4n) is 4.71. The summed E-state index contributed by atoms with van der Waals surface area (Å²) < 4.78 is 18.5. The number of benzene rings is 2. The number of carbonyl (C=O) groups is 1. The minimum Gasteiger partial charge on any atom is -0.493 e. The molecular weight excluding hydrogens is 464 g/mol. The molecule has 1 aromatic heterocycles. The van der Waals surface area contributed by atoms with Crippen LogP contribution in [0.15, 0.2) is 52.8 Å². The van der Waals surface area contributed by atoms with Gasteiger partial charge in [0.05, 0.1) is 21.3 Å². The van der Waals surface area contributed by atoms with Crippen molar-refractivity contribution < 1.29 is 19.0 Å². The molecule has 35 heavy (non-hydrogen) atoms. The van der Waals surface area contributed by atoms with Crippen molar-refractivity contribution in [2.75, 3.05) is 26.6 Å². The van der Waals surface area contributed by atoms with E-state index < -0.39 is 6.04 Å². The molecule has 0 saturated carbocycles. The minimum atomic E-state index is -0.441. The molecule has 3 aromatic rings. The lowest BCUT2D eigenvalue weighted by Gasteiger charge is -2.32. The first kappa shape index (κ1) is 23.3. The smallest absolute Gasteiger partial charge is 0.227 e. The molecule has 2 heterocycles. The highest BCUT2D eigenvalue weighted by atomic mass is 32.2. The number of rotatable bonds is 7. The van der Waals surface area contributed by atoms with Crippen LogP contribution in [0.3, 0.4) is 0 Å². The first-order valence-corrected chi connectivity index (χ1v) is 12.5. The van der Waals surface area contributed by atoms with Crippen LogP contribution in [0.5, 0.6) is 17.2 Å². The van der Waals surface area contributed by atoms with Crippen molar-refractivity contribution in [3.63, 3.8) is 0 Å². The molecule has 1 atom stereocenters. The molecular formula is C26H28N4O4S. The van der Waals surface area contributed by atoms with Gasteiger partial charge in [-0.25, -0.2) is 4.68 Å². The van der Waals surface area contributed by atoms with Gasteiger partial charge in [0.25, 0.3) is 0 Å². The second-order valence-corrected chi connectivity index (χ2v) is 9.54. The van der Waals surface area contributed by atoms with E-state index in [1.807, 2.05) is 12.1 Å². The molecule has 0 amide bonds. The van der Waals surface area contributed by atoms with Crippen LogP contribution in [0.25, 0.3) is 0 Å². The number of fused-ring (bicyclic) bond motifs is 1. The molecule has 0 spiro atoms. The van der Waals surface area contributed by atoms with Crippen LogP contribution in [0.2, 0.25) is 0 Å². The van der Waals surface area contributed by atoms with E-state index in [-0.39, 0.29) is 5.78 Å². The van der Waals surface area contributed by atoms with Gasteiger partial charge < -0.3 is 19.5 Å². The second kappa shape index (κ2) is 9.65. The number of anilines is 1. The van der Waals surface area contributed by atoms with E-state index >= 15 is 0 Å². The molecule has 0 saturated heterocycles. The normalized spacial score (nSPS) is 16.9. The zero-order chi connectivity index (χ0) is 24.5. The lowest BCUT2D eigenvalue weighted by atomic mass is 9.85. The average molecular weight is 493 g/mol. The summed E-state index contributed by atoms with van der Waals surface area (Å²) in [4.78, 5) is 17.9. The SMILES string of the molecule is COc1cc([C@H]2C3=C(CCCC3=O)Nc3nc(SCc4cccc(C)c4)nn32)cc(OC)c1OC. The number of aromatic nitrogens is 3. The molecule has 1 N–H and O–H groups in total. The topological polar surface area (TPSA) is 87.5 Å². The predicted octanol–water partition coefficient (Wildman–Crippen LogP) is 4.93. The Morgan fingerprint density at radius 3 is 2.54 bits per heavy atom. The summed E-state index contributed by atoms with van der Waals surface area (Å²) in [6.07, 6.45) is 2.12. The maximum Gasteiger partial charge on any atom is 0.227 e. The number of ketones is 1. The number of allylic oxidation sites excluding steroid dienone is 2. The van der Waals surface area contributed by atoms with Gasteiger partial charge in [-0.2, -0.15) is 4.98 Å². The van der Waals surface area contributed by atoms with E-state index in [1.54, 1.807) is 37.8 Å². The third kappa shape index (κ3) is 4.36. The number of thioether (sulfide) groups is 1. The van der Waals surface area contributed by atoms with Crippen molar-refractivity contribution in [1.82, 2.24) is 14.8 Å². The molecule has 2 aromatic carbocycles. The fourth-order valence-corrected chi connectivity index (χ4v) is 5.49. The van der Waals surface area contributed by atoms with Gasteiger partial charge in [-0.1, -0.05) is 41.6 Å². The van der Waals surface area contributed by atoms with Crippen molar-refractivity contribution in [2.45, 2.75) is 43.1 Å². The highest BCUT2D eigenvalue weighted by Crippen LogP contribution is 2.45. The van der Waals surface area contributed by atoms with Gasteiger partial charge in [0.1, 0.15) is 6.04 Å². The van der Waals surface area contributed by atoms with E-state index in [2.05, 4.69) is 36.5 Å². The Morgan fingerprint density at radius 1 is 1.09 bits per heavy atom. The molecule has 5 rings (SSSR count). The number of ether oxygens (including phenoxy) is 3. The van der Waals surface area contributed by atoms with E-state index in [4.69, 9.17) is 24.3 Å². The molecule has 0 radical (unpaired) electrons. The number of nitrogens with one attached hydrogen (secondary N) is 1. The molecule has 1 aliphatic carbocycles. The van der Waals surface area contributed by atoms with E-state index in [0.717, 1.165) is 35.4 Å². The maximum absolute atomic E-state index is 13.2. The third-order valence-electron chi connectivity index (χ3n) is 6.30. The Labute approximate surface area is 208 Å². The molecule has 1 aliphatic heterocycles. The molecule has 0 unspecified atom stereocenters. The second-order valence-electron chi connectivity index (χ2n) is 8.60. The van der Waals surface area contributed by atoms with E-state index in [0.29, 0.717) is 34.8 Å². The number of aryl methyl sites for hydroxylation is 1. The molecule has 0 bridgehead atoms. The number of nitrogens with zero attached hydrogens (tertiary/aromatic N) is 3. The third-order valence-corrected chi connectivity index (χ3v) is 7.21. The van der Waals surface area contributed by atoms with Crippen LogP contribution in [-0.4, -0.2) is 41.9 Å². The molecule has 9 heteroatoms. The standard InChI is InChI=1S/C26H28N4O4S/c1-15-7-5-8-16(11-15)14-35-26-28-25-27-18-9-6-10-19(31)22(18)23(30(25)29-26)17-12-20(32-2)24(34-4)21(13-17)33-3/h5,7-8,11-13,23H,6,9-10,14H2,1-4H3,(H,27,28,29)/t23-/m0/s1. The van der Waals surface area contributed by atoms with E-state index in [9.17, 15) is 4.79 Å². The lowest BCUT2D eigenvalue weighted by Crippen LogP contribution is -2.31. The van der Waals surface area contributed by atoms with Crippen LogP contribution < -0.4 is 19.5 Å². The average Bonchev–Trinajstić information content (AvgIpc) is 3.28. The fraction of sp³-hybridized carbons (Fsp3) is 0.346. The number of carbonyl (C=O) groups excluding carboxylic acids is 1. The Hall–Kier alpha value is -3.46. The predicted molar refractivity (Wildman–Crippen MR) is 135 cm³/mol. The molecule has 8 nitrogen and oxygen atoms in total. The van der Waals surface area contributed by atoms with Crippen LogP contribution in [-0.2, 0) is 10.5 Å². The largest absolute Gasteiger partial charge is 0.493 e. The van der Waals surface area contributed by atoms with Gasteiger partial charge in [-0.05, 0) is 43.0 Å². The van der Waals surface area contributed by atoms with Gasteiger partial charge in [-0.15, -0.1) is 5.10 Å². The van der Waals surface area contributed by atoms with Gasteiger partial charge in [0.15, 0.2) is 17.3 Å². The first-order chi connectivity index (χ1) is 17.0. The first-order valence-electron chi connectivity index (χ1n) is 11.5. The van der Waals surface area contributed by atoms with Crippen LogP contribution >= 0.6 is 11.8 Å². The molecule has 182 valence electrons. The quantitative estimate of drug-likeness (QED) is 0.465. The van der Waals surface area contributed by atoms with Gasteiger partial charge in [0.2, 0.25) is 16.9 Å².